The van der Waals surface area contributed by atoms with Crippen molar-refractivity contribution in [2.45, 2.75) is 38.8 Å². The SMILES string of the molecule is CC(Nc1cnc(-c2ccccc2F)n([C@@H](C)C=C2CC2)c1=O)c1ccc2oc3ccccc3c2c1. The summed E-state index contributed by atoms with van der Waals surface area (Å²) >= 11 is 0. The second-order valence-electron chi connectivity index (χ2n) is 9.44. The number of furan rings is 1. The number of benzene rings is 3. The summed E-state index contributed by atoms with van der Waals surface area (Å²) in [5, 5.41) is 5.44. The molecule has 1 saturated carbocycles. The van der Waals surface area contributed by atoms with Crippen molar-refractivity contribution in [1.29, 1.82) is 0 Å². The second kappa shape index (κ2) is 8.79. The van der Waals surface area contributed by atoms with Crippen LogP contribution in [0, 0.1) is 5.82 Å². The monoisotopic (exact) mass is 479 g/mol. The molecule has 1 N–H and O–H groups in total. The minimum Gasteiger partial charge on any atom is -0.456 e. The van der Waals surface area contributed by atoms with Crippen LogP contribution in [0.1, 0.15) is 44.3 Å². The quantitative estimate of drug-likeness (QED) is 0.258. The first-order chi connectivity index (χ1) is 17.5. The summed E-state index contributed by atoms with van der Waals surface area (Å²) in [4.78, 5) is 18.3. The van der Waals surface area contributed by atoms with Crippen LogP contribution >= 0.6 is 0 Å². The van der Waals surface area contributed by atoms with E-state index in [0.717, 1.165) is 40.3 Å². The first-order valence-electron chi connectivity index (χ1n) is 12.2. The minimum absolute atomic E-state index is 0.164. The average Bonchev–Trinajstić information content (AvgIpc) is 3.62. The van der Waals surface area contributed by atoms with Crippen molar-refractivity contribution >= 4 is 27.6 Å². The zero-order valence-corrected chi connectivity index (χ0v) is 20.2. The molecule has 36 heavy (non-hydrogen) atoms. The first kappa shape index (κ1) is 22.3. The van der Waals surface area contributed by atoms with Crippen molar-refractivity contribution in [3.05, 3.63) is 106 Å². The van der Waals surface area contributed by atoms with Crippen LogP contribution in [0.25, 0.3) is 33.3 Å². The van der Waals surface area contributed by atoms with Crippen LogP contribution in [0.5, 0.6) is 0 Å². The molecule has 6 rings (SSSR count). The molecule has 1 unspecified atom stereocenters. The number of anilines is 1. The average molecular weight is 480 g/mol. The molecule has 2 aromatic heterocycles. The number of hydrogen-bond acceptors (Lipinski definition) is 4. The van der Waals surface area contributed by atoms with Crippen LogP contribution in [0.15, 0.2) is 93.8 Å². The largest absolute Gasteiger partial charge is 0.456 e. The summed E-state index contributed by atoms with van der Waals surface area (Å²) in [6.07, 6.45) is 5.68. The Labute approximate surface area is 207 Å². The maximum Gasteiger partial charge on any atom is 0.277 e. The number of rotatable bonds is 6. The molecule has 1 fully saturated rings. The highest BCUT2D eigenvalue weighted by atomic mass is 19.1. The van der Waals surface area contributed by atoms with Crippen LogP contribution in [-0.4, -0.2) is 9.55 Å². The highest BCUT2D eigenvalue weighted by Crippen LogP contribution is 2.33. The number of nitrogens with one attached hydrogen (secondary N) is 1. The Balaban J connectivity index is 1.39. The molecule has 0 spiro atoms. The van der Waals surface area contributed by atoms with E-state index in [1.807, 2.05) is 50.2 Å². The lowest BCUT2D eigenvalue weighted by atomic mass is 10.0. The number of allylic oxidation sites excluding steroid dienone is 2. The van der Waals surface area contributed by atoms with Gasteiger partial charge in [0.05, 0.1) is 17.8 Å². The minimum atomic E-state index is -0.404. The van der Waals surface area contributed by atoms with Crippen LogP contribution in [0.4, 0.5) is 10.1 Å². The first-order valence-corrected chi connectivity index (χ1v) is 12.2. The van der Waals surface area contributed by atoms with Crippen LogP contribution in [-0.2, 0) is 0 Å². The molecule has 6 heteroatoms. The normalized spacial score (nSPS) is 14.7. The molecule has 3 aromatic carbocycles. The van der Waals surface area contributed by atoms with Gasteiger partial charge in [0, 0.05) is 16.8 Å². The van der Waals surface area contributed by atoms with Gasteiger partial charge in [-0.05, 0) is 62.6 Å². The molecule has 5 nitrogen and oxygen atoms in total. The molecule has 2 heterocycles. The summed E-state index contributed by atoms with van der Waals surface area (Å²) in [5.41, 5.74) is 4.46. The van der Waals surface area contributed by atoms with Crippen molar-refractivity contribution in [2.75, 3.05) is 5.32 Å². The Bertz CT molecular complexity index is 1690. The second-order valence-corrected chi connectivity index (χ2v) is 9.44. The number of para-hydroxylation sites is 1. The summed E-state index contributed by atoms with van der Waals surface area (Å²) in [7, 11) is 0. The Hall–Kier alpha value is -4.19. The van der Waals surface area contributed by atoms with Gasteiger partial charge >= 0.3 is 0 Å². The smallest absolute Gasteiger partial charge is 0.277 e. The van der Waals surface area contributed by atoms with E-state index in [1.54, 1.807) is 22.8 Å². The van der Waals surface area contributed by atoms with Crippen LogP contribution in [0.2, 0.25) is 0 Å². The molecule has 0 radical (unpaired) electrons. The number of hydrogen-bond donors (Lipinski definition) is 1. The van der Waals surface area contributed by atoms with Crippen LogP contribution < -0.4 is 10.9 Å². The summed E-state index contributed by atoms with van der Waals surface area (Å²) in [6, 6.07) is 20.0. The third kappa shape index (κ3) is 3.98. The van der Waals surface area contributed by atoms with Crippen molar-refractivity contribution in [1.82, 2.24) is 9.55 Å². The van der Waals surface area contributed by atoms with Crippen molar-refractivity contribution in [2.24, 2.45) is 0 Å². The van der Waals surface area contributed by atoms with E-state index in [4.69, 9.17) is 4.42 Å². The standard InChI is InChI=1S/C30H26FN3O2/c1-18(15-20-11-12-20)34-29(23-8-3-5-9-25(23)31)32-17-26(30(34)35)33-19(2)21-13-14-28-24(16-21)22-7-4-6-10-27(22)36-28/h3-10,13-19,33H,11-12H2,1-2H3/t18-,19?/m0/s1. The number of halogens is 1. The molecular weight excluding hydrogens is 453 g/mol. The molecule has 1 aliphatic carbocycles. The zero-order chi connectivity index (χ0) is 24.8. The van der Waals surface area contributed by atoms with E-state index >= 15 is 0 Å². The summed E-state index contributed by atoms with van der Waals surface area (Å²) in [5.74, 6) is -0.0771. The highest BCUT2D eigenvalue weighted by Gasteiger charge is 2.21. The Kier molecular flexibility index (Phi) is 5.44. The summed E-state index contributed by atoms with van der Waals surface area (Å²) < 4.78 is 22.2. The van der Waals surface area contributed by atoms with Crippen LogP contribution in [0.3, 0.4) is 0 Å². The lowest BCUT2D eigenvalue weighted by Gasteiger charge is -2.20. The maximum absolute atomic E-state index is 14.7. The fraction of sp³-hybridized carbons (Fsp3) is 0.200. The van der Waals surface area contributed by atoms with Crippen molar-refractivity contribution < 1.29 is 8.81 Å². The van der Waals surface area contributed by atoms with E-state index in [0.29, 0.717) is 17.1 Å². The van der Waals surface area contributed by atoms with Gasteiger partial charge in [-0.3, -0.25) is 9.36 Å². The fourth-order valence-electron chi connectivity index (χ4n) is 4.77. The van der Waals surface area contributed by atoms with Gasteiger partial charge in [0.15, 0.2) is 0 Å². The van der Waals surface area contributed by atoms with E-state index in [9.17, 15) is 9.18 Å². The van der Waals surface area contributed by atoms with Gasteiger partial charge in [-0.25, -0.2) is 9.37 Å². The van der Waals surface area contributed by atoms with Gasteiger partial charge < -0.3 is 9.73 Å². The molecule has 5 aromatic rings. The maximum atomic E-state index is 14.7. The highest BCUT2D eigenvalue weighted by molar-refractivity contribution is 6.05. The predicted molar refractivity (Wildman–Crippen MR) is 142 cm³/mol. The van der Waals surface area contributed by atoms with Gasteiger partial charge in [-0.1, -0.05) is 48.0 Å². The Morgan fingerprint density at radius 1 is 1.00 bits per heavy atom. The van der Waals surface area contributed by atoms with Gasteiger partial charge in [0.25, 0.3) is 5.56 Å². The zero-order valence-electron chi connectivity index (χ0n) is 20.2. The molecule has 180 valence electrons. The van der Waals surface area contributed by atoms with E-state index in [-0.39, 0.29) is 17.6 Å². The molecule has 1 aliphatic rings. The van der Waals surface area contributed by atoms with E-state index in [2.05, 4.69) is 22.4 Å². The van der Waals surface area contributed by atoms with Gasteiger partial charge in [-0.15, -0.1) is 0 Å². The molecular formula is C30H26FN3O2. The molecule has 2 atom stereocenters. The topological polar surface area (TPSA) is 60.1 Å². The molecule has 0 saturated heterocycles. The Morgan fingerprint density at radius 3 is 2.56 bits per heavy atom. The van der Waals surface area contributed by atoms with E-state index < -0.39 is 5.82 Å². The molecule has 0 aliphatic heterocycles. The van der Waals surface area contributed by atoms with Gasteiger partial charge in [-0.2, -0.15) is 0 Å². The third-order valence-corrected chi connectivity index (χ3v) is 6.80. The summed E-state index contributed by atoms with van der Waals surface area (Å²) in [6.45, 7) is 3.96. The van der Waals surface area contributed by atoms with Crippen molar-refractivity contribution in [3.63, 3.8) is 0 Å². The number of aromatic nitrogens is 2. The predicted octanol–water partition coefficient (Wildman–Crippen LogP) is 7.40. The van der Waals surface area contributed by atoms with Gasteiger partial charge in [0.1, 0.15) is 28.5 Å². The van der Waals surface area contributed by atoms with Gasteiger partial charge in [0.2, 0.25) is 0 Å². The third-order valence-electron chi connectivity index (χ3n) is 6.80. The lowest BCUT2D eigenvalue weighted by molar-refractivity contribution is 0.606. The fourth-order valence-corrected chi connectivity index (χ4v) is 4.77. The lowest BCUT2D eigenvalue weighted by Crippen LogP contribution is -2.28. The van der Waals surface area contributed by atoms with Crippen molar-refractivity contribution in [3.8, 4) is 11.4 Å². The van der Waals surface area contributed by atoms with E-state index in [1.165, 1.54) is 17.8 Å². The molecule has 0 bridgehead atoms. The number of nitrogens with zero attached hydrogens (tertiary/aromatic N) is 2. The Morgan fingerprint density at radius 2 is 1.75 bits per heavy atom. The molecule has 0 amide bonds. The number of fused-ring (bicyclic) bond motifs is 3.